The number of nitrogens with one attached hydrogen (secondary N) is 2. The smallest absolute Gasteiger partial charge is 0.266 e. The molecular weight excluding hydrogens is 902 g/mol. The third-order valence-corrected chi connectivity index (χ3v) is 13.6. The van der Waals surface area contributed by atoms with Crippen LogP contribution in [0.2, 0.25) is 0 Å². The fraction of sp³-hybridized carbons (Fsp3) is 0.367. The number of halogens is 3. The van der Waals surface area contributed by atoms with Crippen molar-refractivity contribution < 1.29 is 46.7 Å². The van der Waals surface area contributed by atoms with Crippen LogP contribution in [0.4, 0.5) is 13.2 Å². The van der Waals surface area contributed by atoms with E-state index < -0.39 is 59.0 Å². The Morgan fingerprint density at radius 1 is 0.926 bits per heavy atom. The lowest BCUT2D eigenvalue weighted by atomic mass is 9.78. The van der Waals surface area contributed by atoms with Gasteiger partial charge in [0.25, 0.3) is 24.1 Å². The number of rotatable bonds is 20. The summed E-state index contributed by atoms with van der Waals surface area (Å²) in [5.74, 6) is -5.27. The molecule has 3 aliphatic rings. The largest absolute Gasteiger partial charge is 0.493 e. The van der Waals surface area contributed by atoms with Gasteiger partial charge < -0.3 is 15.0 Å². The SMILES string of the molecule is O=C1CCC(N2C(=O)c3cccc(OCCCCCCn4cc(CCN5CCC(CNC(=O)c6cccc(C(=O)C(F)=CC(F)F)c6)(c6nc(-c7ccccc7)cs6)CC5)nn4)c3C2=O)C(=O)N1. The van der Waals surface area contributed by atoms with Gasteiger partial charge in [0.1, 0.15) is 16.8 Å². The number of carbonyl (C=O) groups excluding carboxylic acids is 6. The van der Waals surface area contributed by atoms with Gasteiger partial charge in [-0.2, -0.15) is 0 Å². The number of likely N-dealkylation sites (tertiary alicyclic amines) is 1. The first-order valence-corrected chi connectivity index (χ1v) is 23.5. The van der Waals surface area contributed by atoms with Gasteiger partial charge >= 0.3 is 0 Å². The number of hydrogen-bond donors (Lipinski definition) is 2. The van der Waals surface area contributed by atoms with E-state index in [1.165, 1.54) is 30.3 Å². The Morgan fingerprint density at radius 2 is 1.69 bits per heavy atom. The quantitative estimate of drug-likeness (QED) is 0.0364. The molecule has 15 nitrogen and oxygen atoms in total. The number of aryl methyl sites for hydroxylation is 1. The minimum atomic E-state index is -3.13. The van der Waals surface area contributed by atoms with Gasteiger partial charge in [-0.05, 0) is 75.9 Å². The van der Waals surface area contributed by atoms with Crippen molar-refractivity contribution in [1.82, 2.24) is 40.4 Å². The molecule has 5 heterocycles. The molecule has 2 fully saturated rings. The van der Waals surface area contributed by atoms with Gasteiger partial charge in [0, 0.05) is 72.2 Å². The zero-order valence-corrected chi connectivity index (χ0v) is 37.8. The molecule has 1 unspecified atom stereocenters. The summed E-state index contributed by atoms with van der Waals surface area (Å²) in [4.78, 5) is 84.8. The van der Waals surface area contributed by atoms with E-state index in [1.54, 1.807) is 23.5 Å². The van der Waals surface area contributed by atoms with Crippen LogP contribution >= 0.6 is 11.3 Å². The molecule has 1 atom stereocenters. The first kappa shape index (κ1) is 47.6. The summed E-state index contributed by atoms with van der Waals surface area (Å²) >= 11 is 1.54. The minimum Gasteiger partial charge on any atom is -0.493 e. The molecule has 0 bridgehead atoms. The van der Waals surface area contributed by atoms with E-state index in [1.807, 2.05) is 46.6 Å². The molecular formula is C49H49F3N8O7S. The van der Waals surface area contributed by atoms with Crippen molar-refractivity contribution >= 4 is 46.7 Å². The zero-order chi connectivity index (χ0) is 47.8. The molecule has 5 aromatic rings. The molecule has 2 N–H and O–H groups in total. The number of piperidine rings is 2. The van der Waals surface area contributed by atoms with E-state index in [4.69, 9.17) is 9.72 Å². The normalized spacial score (nSPS) is 17.4. The van der Waals surface area contributed by atoms with Crippen LogP contribution in [0, 0.1) is 0 Å². The number of nitrogens with zero attached hydrogens (tertiary/aromatic N) is 6. The lowest BCUT2D eigenvalue weighted by molar-refractivity contribution is -0.136. The molecule has 0 radical (unpaired) electrons. The summed E-state index contributed by atoms with van der Waals surface area (Å²) in [6.45, 7) is 3.50. The number of ether oxygens (including phenoxy) is 1. The number of hydrogen-bond acceptors (Lipinski definition) is 12. The van der Waals surface area contributed by atoms with Crippen molar-refractivity contribution in [2.45, 2.75) is 82.2 Å². The monoisotopic (exact) mass is 950 g/mol. The molecule has 68 heavy (non-hydrogen) atoms. The predicted octanol–water partition coefficient (Wildman–Crippen LogP) is 6.75. The third kappa shape index (κ3) is 10.9. The second kappa shape index (κ2) is 21.4. The molecule has 0 saturated carbocycles. The number of ketones is 1. The van der Waals surface area contributed by atoms with E-state index in [9.17, 15) is 41.9 Å². The van der Waals surface area contributed by atoms with Crippen molar-refractivity contribution in [3.63, 3.8) is 0 Å². The Hall–Kier alpha value is -6.86. The maximum atomic E-state index is 14.1. The summed E-state index contributed by atoms with van der Waals surface area (Å²) in [7, 11) is 0. The molecule has 19 heteroatoms. The predicted molar refractivity (Wildman–Crippen MR) is 244 cm³/mol. The Kier molecular flexibility index (Phi) is 15.0. The molecule has 3 aliphatic heterocycles. The lowest BCUT2D eigenvalue weighted by Gasteiger charge is -2.40. The number of unbranched alkanes of at least 4 members (excludes halogenated alkanes) is 3. The number of benzene rings is 3. The number of thiazole rings is 1. The van der Waals surface area contributed by atoms with Crippen molar-refractivity contribution in [1.29, 1.82) is 0 Å². The maximum Gasteiger partial charge on any atom is 0.266 e. The van der Waals surface area contributed by atoms with Gasteiger partial charge in [0.2, 0.25) is 17.6 Å². The third-order valence-electron chi connectivity index (χ3n) is 12.5. The average Bonchev–Trinajstić information content (AvgIpc) is 4.09. The summed E-state index contributed by atoms with van der Waals surface area (Å²) < 4.78 is 47.3. The highest BCUT2D eigenvalue weighted by molar-refractivity contribution is 7.10. The van der Waals surface area contributed by atoms with E-state index in [0.29, 0.717) is 32.4 Å². The van der Waals surface area contributed by atoms with Crippen molar-refractivity contribution in [2.24, 2.45) is 0 Å². The van der Waals surface area contributed by atoms with Crippen LogP contribution in [0.3, 0.4) is 0 Å². The number of alkyl halides is 2. The second-order valence-corrected chi connectivity index (χ2v) is 17.9. The minimum absolute atomic E-state index is 0.0440. The van der Waals surface area contributed by atoms with E-state index in [0.717, 1.165) is 72.2 Å². The van der Waals surface area contributed by atoms with Gasteiger partial charge in [0.15, 0.2) is 5.83 Å². The molecule has 8 rings (SSSR count). The van der Waals surface area contributed by atoms with Crippen molar-refractivity contribution in [3.8, 4) is 17.0 Å². The Labute approximate surface area is 393 Å². The van der Waals surface area contributed by atoms with E-state index in [2.05, 4.69) is 25.8 Å². The topological polar surface area (TPSA) is 186 Å². The Bertz CT molecular complexity index is 2720. The van der Waals surface area contributed by atoms with Crippen LogP contribution in [0.1, 0.15) is 104 Å². The summed E-state index contributed by atoms with van der Waals surface area (Å²) in [5.41, 5.74) is 2.40. The molecule has 3 aromatic carbocycles. The number of imide groups is 2. The summed E-state index contributed by atoms with van der Waals surface area (Å²) in [6.07, 6.45) is 4.34. The second-order valence-electron chi connectivity index (χ2n) is 17.1. The number of Topliss-reactive ketones (excluding diaryl/α,β-unsaturated/α-hetero) is 1. The molecule has 0 aliphatic carbocycles. The summed E-state index contributed by atoms with van der Waals surface area (Å²) in [6, 6.07) is 19.0. The number of amides is 5. The average molecular weight is 951 g/mol. The first-order valence-electron chi connectivity index (χ1n) is 22.6. The number of allylic oxidation sites excluding steroid dienone is 2. The van der Waals surface area contributed by atoms with Crippen LogP contribution in [-0.2, 0) is 28.0 Å². The molecule has 2 aromatic heterocycles. The standard InChI is InChI=1S/C49H49F3N8O7S/c50-36(27-40(51)52)43(62)32-12-8-13-33(26-32)44(63)53-30-49(48-54-37(29-68-48)31-10-4-3-5-11-31)19-23-58(24-20-49)22-18-34-28-59(57-56-34)21-6-1-2-7-25-67-39-15-9-14-35-42(39)47(66)60(46(35)65)38-16-17-41(61)55-45(38)64/h3-5,8-15,26-29,38,40H,1-2,6-7,16-25,30H2,(H,53,63)(H,55,61,64). The molecule has 354 valence electrons. The Balaban J connectivity index is 0.794. The zero-order valence-electron chi connectivity index (χ0n) is 37.0. The number of carbonyl (C=O) groups is 6. The molecule has 5 amide bonds. The fourth-order valence-electron chi connectivity index (χ4n) is 8.76. The highest BCUT2D eigenvalue weighted by Gasteiger charge is 2.46. The van der Waals surface area contributed by atoms with Crippen LogP contribution < -0.4 is 15.4 Å². The highest BCUT2D eigenvalue weighted by Crippen LogP contribution is 2.39. The lowest BCUT2D eigenvalue weighted by Crippen LogP contribution is -2.54. The van der Waals surface area contributed by atoms with Gasteiger partial charge in [-0.3, -0.25) is 43.7 Å². The van der Waals surface area contributed by atoms with E-state index >= 15 is 0 Å². The van der Waals surface area contributed by atoms with Crippen molar-refractivity contribution in [3.05, 3.63) is 129 Å². The van der Waals surface area contributed by atoms with Crippen LogP contribution in [0.25, 0.3) is 11.3 Å². The number of aromatic nitrogens is 4. The van der Waals surface area contributed by atoms with Crippen LogP contribution in [0.15, 0.2) is 96.3 Å². The Morgan fingerprint density at radius 3 is 2.47 bits per heavy atom. The van der Waals surface area contributed by atoms with Gasteiger partial charge in [-0.25, -0.2) is 18.2 Å². The van der Waals surface area contributed by atoms with Gasteiger partial charge in [0.05, 0.1) is 29.1 Å². The maximum absolute atomic E-state index is 14.1. The fourth-order valence-corrected chi connectivity index (χ4v) is 9.85. The summed E-state index contributed by atoms with van der Waals surface area (Å²) in [5, 5.41) is 16.9. The molecule has 0 spiro atoms. The highest BCUT2D eigenvalue weighted by atomic mass is 32.1. The van der Waals surface area contributed by atoms with Gasteiger partial charge in [-0.1, -0.05) is 60.2 Å². The number of fused-ring (bicyclic) bond motifs is 1. The molecule has 2 saturated heterocycles. The van der Waals surface area contributed by atoms with Gasteiger partial charge in [-0.15, -0.1) is 16.4 Å². The van der Waals surface area contributed by atoms with E-state index in [-0.39, 0.29) is 53.5 Å². The van der Waals surface area contributed by atoms with Crippen LogP contribution in [-0.4, -0.2) is 110 Å². The van der Waals surface area contributed by atoms with Crippen molar-refractivity contribution in [2.75, 3.05) is 32.8 Å². The first-order chi connectivity index (χ1) is 32.9. The van der Waals surface area contributed by atoms with Crippen LogP contribution in [0.5, 0.6) is 5.75 Å².